The van der Waals surface area contributed by atoms with Crippen molar-refractivity contribution < 1.29 is 34.5 Å². The predicted molar refractivity (Wildman–Crippen MR) is 209 cm³/mol. The standard InChI is InChI=1S/C33H49P.C8H14.2BF4/c1-23(2)26-21-30(24(3)4)33(31(22-26)25(5)6)29-19-13-14-20-32(29)34(27-15-9-7-10-16-27)28-17-11-8-12-18-28;1-2-8-5-3-7(1)4-6-8;2*2-1(3,4)5/h13-14,19-25,27-28H,7-12,15-18H2,1-6H3;7-8H,1-6H2;;/q;;2*-1. The third kappa shape index (κ3) is 15.3. The van der Waals surface area contributed by atoms with Gasteiger partial charge < -0.3 is 34.5 Å². The lowest BCUT2D eigenvalue weighted by Crippen LogP contribution is -2.27. The highest BCUT2D eigenvalue weighted by Gasteiger charge is 2.34. The summed E-state index contributed by atoms with van der Waals surface area (Å²) in [6, 6.07) is 14.8. The summed E-state index contributed by atoms with van der Waals surface area (Å²) in [6.45, 7) is 14.3. The maximum absolute atomic E-state index is 9.75. The van der Waals surface area contributed by atoms with Gasteiger partial charge in [0.15, 0.2) is 0 Å². The van der Waals surface area contributed by atoms with E-state index in [2.05, 4.69) is 77.9 Å². The molecule has 0 N–H and O–H groups in total. The van der Waals surface area contributed by atoms with Gasteiger partial charge in [-0.05, 0) is 99.7 Å². The van der Waals surface area contributed by atoms with Crippen molar-refractivity contribution in [1.82, 2.24) is 0 Å². The van der Waals surface area contributed by atoms with E-state index >= 15 is 0 Å². The van der Waals surface area contributed by atoms with E-state index in [4.69, 9.17) is 0 Å². The molecule has 0 saturated heterocycles. The molecule has 5 fully saturated rings. The molecule has 0 nitrogen and oxygen atoms in total. The van der Waals surface area contributed by atoms with Crippen LogP contribution in [0.5, 0.6) is 0 Å². The monoisotopic (exact) mass is 760 g/mol. The van der Waals surface area contributed by atoms with Gasteiger partial charge in [-0.15, -0.1) is 0 Å². The topological polar surface area (TPSA) is 0 Å². The number of rotatable bonds is 7. The summed E-state index contributed by atoms with van der Waals surface area (Å²) >= 11 is 0. The van der Waals surface area contributed by atoms with Gasteiger partial charge in [0.25, 0.3) is 0 Å². The number of halogens is 8. The largest absolute Gasteiger partial charge is 0.673 e. The maximum atomic E-state index is 9.75. The second-order valence-corrected chi connectivity index (χ2v) is 19.3. The van der Waals surface area contributed by atoms with Crippen LogP contribution in [0.25, 0.3) is 11.1 Å². The summed E-state index contributed by atoms with van der Waals surface area (Å²) in [7, 11) is -12.1. The van der Waals surface area contributed by atoms with Crippen LogP contribution < -0.4 is 5.30 Å². The number of fused-ring (bicyclic) bond motifs is 3. The Bertz CT molecular complexity index is 1230. The van der Waals surface area contributed by atoms with Crippen LogP contribution in [0, 0.1) is 11.8 Å². The summed E-state index contributed by atoms with van der Waals surface area (Å²) in [4.78, 5) is 0. The van der Waals surface area contributed by atoms with Gasteiger partial charge >= 0.3 is 14.5 Å². The van der Waals surface area contributed by atoms with Gasteiger partial charge in [-0.3, -0.25) is 0 Å². The van der Waals surface area contributed by atoms with Crippen molar-refractivity contribution in [2.45, 2.75) is 173 Å². The summed E-state index contributed by atoms with van der Waals surface area (Å²) < 4.78 is 78.0. The molecule has 0 spiro atoms. The molecule has 0 unspecified atom stereocenters. The molecule has 0 aromatic heterocycles. The summed E-state index contributed by atoms with van der Waals surface area (Å²) in [6.07, 6.45) is 24.0. The van der Waals surface area contributed by atoms with E-state index in [9.17, 15) is 34.5 Å². The first-order valence-electron chi connectivity index (χ1n) is 20.1. The first-order valence-corrected chi connectivity index (χ1v) is 21.6. The highest BCUT2D eigenvalue weighted by atomic mass is 31.1. The normalized spacial score (nSPS) is 21.3. The predicted octanol–water partition coefficient (Wildman–Crippen LogP) is 15.7. The van der Waals surface area contributed by atoms with E-state index in [0.29, 0.717) is 17.8 Å². The molecular formula is C41H63B2F8P-2. The average Bonchev–Trinajstić information content (AvgIpc) is 3.09. The maximum Gasteiger partial charge on any atom is 0.673 e. The fourth-order valence-corrected chi connectivity index (χ4v) is 12.8. The Kier molecular flexibility index (Phi) is 18.0. The lowest BCUT2D eigenvalue weighted by Gasteiger charge is -2.40. The molecule has 0 aliphatic heterocycles. The molecule has 5 aliphatic rings. The van der Waals surface area contributed by atoms with Gasteiger partial charge in [0.1, 0.15) is 0 Å². The third-order valence-corrected chi connectivity index (χ3v) is 15.0. The van der Waals surface area contributed by atoms with Crippen LogP contribution in [0.15, 0.2) is 36.4 Å². The molecule has 0 atom stereocenters. The van der Waals surface area contributed by atoms with E-state index in [1.165, 1.54) is 69.8 Å². The summed E-state index contributed by atoms with van der Waals surface area (Å²) in [5, 5.41) is 1.75. The van der Waals surface area contributed by atoms with Crippen LogP contribution in [0.4, 0.5) is 34.5 Å². The Hall–Kier alpha value is -1.56. The minimum atomic E-state index is -6.00. The Morgan fingerprint density at radius 1 is 0.500 bits per heavy atom. The van der Waals surface area contributed by atoms with Crippen LogP contribution >= 0.6 is 7.92 Å². The highest BCUT2D eigenvalue weighted by molar-refractivity contribution is 7.67. The highest BCUT2D eigenvalue weighted by Crippen LogP contribution is 2.57. The summed E-state index contributed by atoms with van der Waals surface area (Å²) in [5.41, 5.74) is 9.71. The molecule has 2 aromatic carbocycles. The number of hydrogen-bond acceptors (Lipinski definition) is 0. The number of benzene rings is 2. The number of hydrogen-bond donors (Lipinski definition) is 0. The van der Waals surface area contributed by atoms with Crippen molar-refractivity contribution in [2.75, 3.05) is 0 Å². The minimum absolute atomic E-state index is 0.120. The molecule has 296 valence electrons. The zero-order valence-electron chi connectivity index (χ0n) is 32.4. The fraction of sp³-hybridized carbons (Fsp3) is 0.707. The first-order chi connectivity index (χ1) is 24.3. The molecule has 2 bridgehead atoms. The zero-order valence-corrected chi connectivity index (χ0v) is 33.3. The van der Waals surface area contributed by atoms with Crippen molar-refractivity contribution in [2.24, 2.45) is 11.8 Å². The third-order valence-electron chi connectivity index (χ3n) is 11.5. The van der Waals surface area contributed by atoms with E-state index < -0.39 is 14.5 Å². The van der Waals surface area contributed by atoms with Crippen LogP contribution in [0.3, 0.4) is 0 Å². The van der Waals surface area contributed by atoms with Crippen molar-refractivity contribution in [1.29, 1.82) is 0 Å². The van der Waals surface area contributed by atoms with E-state index in [0.717, 1.165) is 23.2 Å². The van der Waals surface area contributed by atoms with Crippen LogP contribution in [-0.2, 0) is 0 Å². The molecule has 0 amide bonds. The van der Waals surface area contributed by atoms with Crippen LogP contribution in [0.2, 0.25) is 0 Å². The Morgan fingerprint density at radius 3 is 1.15 bits per heavy atom. The van der Waals surface area contributed by atoms with Crippen LogP contribution in [-0.4, -0.2) is 25.8 Å². The molecule has 5 aliphatic carbocycles. The van der Waals surface area contributed by atoms with Gasteiger partial charge in [-0.25, -0.2) is 0 Å². The molecule has 11 heteroatoms. The second kappa shape index (κ2) is 20.9. The Morgan fingerprint density at radius 2 is 0.846 bits per heavy atom. The van der Waals surface area contributed by atoms with Gasteiger partial charge in [-0.1, -0.05) is 163 Å². The smallest absolute Gasteiger partial charge is 0.418 e. The van der Waals surface area contributed by atoms with E-state index in [-0.39, 0.29) is 7.92 Å². The first kappa shape index (κ1) is 44.8. The van der Waals surface area contributed by atoms with Crippen molar-refractivity contribution >= 4 is 27.7 Å². The van der Waals surface area contributed by atoms with Crippen LogP contribution in [0.1, 0.15) is 179 Å². The lowest BCUT2D eigenvalue weighted by atomic mass is 9.71. The lowest BCUT2D eigenvalue weighted by molar-refractivity contribution is 0.176. The van der Waals surface area contributed by atoms with Gasteiger partial charge in [0.05, 0.1) is 0 Å². The Labute approximate surface area is 311 Å². The van der Waals surface area contributed by atoms with Gasteiger partial charge in [0, 0.05) is 0 Å². The van der Waals surface area contributed by atoms with Gasteiger partial charge in [-0.2, -0.15) is 0 Å². The molecule has 0 radical (unpaired) electrons. The van der Waals surface area contributed by atoms with E-state index in [1.807, 2.05) is 0 Å². The molecule has 52 heavy (non-hydrogen) atoms. The van der Waals surface area contributed by atoms with Crippen molar-refractivity contribution in [3.8, 4) is 11.1 Å². The molecule has 7 rings (SSSR count). The molecular weight excluding hydrogens is 697 g/mol. The molecule has 2 aromatic rings. The van der Waals surface area contributed by atoms with Gasteiger partial charge in [0.2, 0.25) is 0 Å². The molecule has 5 saturated carbocycles. The summed E-state index contributed by atoms with van der Waals surface area (Å²) in [5.74, 6) is 3.95. The average molecular weight is 761 g/mol. The molecule has 0 heterocycles. The second-order valence-electron chi connectivity index (χ2n) is 16.5. The SMILES string of the molecule is C1CC2CCC1CC2.CC(C)c1cc(C(C)C)c(-c2ccccc2P(C2CCCCC2)C2CCCCC2)c(C(C)C)c1.F[B-](F)(F)F.F[B-](F)(F)F. The fourth-order valence-electron chi connectivity index (χ4n) is 8.87. The quantitative estimate of drug-likeness (QED) is 0.150. The van der Waals surface area contributed by atoms with E-state index in [1.54, 1.807) is 66.1 Å². The minimum Gasteiger partial charge on any atom is -0.418 e. The zero-order chi connectivity index (χ0) is 38.6. The van der Waals surface area contributed by atoms with Crippen molar-refractivity contribution in [3.05, 3.63) is 53.1 Å². The Balaban J connectivity index is 0.000000328. The van der Waals surface area contributed by atoms with Crippen molar-refractivity contribution in [3.63, 3.8) is 0 Å².